The summed E-state index contributed by atoms with van der Waals surface area (Å²) in [7, 11) is 0. The van der Waals surface area contributed by atoms with Crippen LogP contribution in [0.4, 0.5) is 0 Å². The van der Waals surface area contributed by atoms with Crippen LogP contribution in [0.1, 0.15) is 38.7 Å². The molecular weight excluding hydrogens is 348 g/mol. The van der Waals surface area contributed by atoms with Crippen molar-refractivity contribution >= 4 is 23.4 Å². The molecule has 0 radical (unpaired) electrons. The molecule has 1 saturated heterocycles. The van der Waals surface area contributed by atoms with Crippen LogP contribution < -0.4 is 5.32 Å². The lowest BCUT2D eigenvalue weighted by atomic mass is 10.0. The summed E-state index contributed by atoms with van der Waals surface area (Å²) in [5, 5.41) is 12.4. The Morgan fingerprint density at radius 1 is 1.37 bits per heavy atom. The van der Waals surface area contributed by atoms with Gasteiger partial charge in [-0.1, -0.05) is 30.3 Å². The number of hydrogen-bond donors (Lipinski definition) is 2. The second-order valence-electron chi connectivity index (χ2n) is 6.51. The molecule has 0 aliphatic carbocycles. The van der Waals surface area contributed by atoms with Gasteiger partial charge in [0.05, 0.1) is 6.04 Å². The van der Waals surface area contributed by atoms with Crippen molar-refractivity contribution in [3.8, 4) is 0 Å². The fourth-order valence-electron chi connectivity index (χ4n) is 3.30. The lowest BCUT2D eigenvalue weighted by Crippen LogP contribution is -2.51. The Morgan fingerprint density at radius 3 is 2.67 bits per heavy atom. The predicted molar refractivity (Wildman–Crippen MR) is 101 cm³/mol. The first-order valence-corrected chi connectivity index (χ1v) is 9.18. The van der Waals surface area contributed by atoms with E-state index in [2.05, 4.69) is 5.32 Å². The fourth-order valence-corrected chi connectivity index (χ4v) is 3.30. The van der Waals surface area contributed by atoms with Crippen molar-refractivity contribution in [3.05, 3.63) is 35.9 Å². The van der Waals surface area contributed by atoms with Crippen LogP contribution in [0.3, 0.4) is 0 Å². The summed E-state index contributed by atoms with van der Waals surface area (Å²) in [4.78, 5) is 36.8. The van der Waals surface area contributed by atoms with Crippen LogP contribution in [0.25, 0.3) is 5.57 Å². The van der Waals surface area contributed by atoms with Crippen LogP contribution in [-0.2, 0) is 19.1 Å². The number of nitrogens with one attached hydrogen (secondary N) is 1. The number of aliphatic carboxylic acids is 1. The minimum Gasteiger partial charge on any atom is -0.480 e. The highest BCUT2D eigenvalue weighted by Crippen LogP contribution is 2.20. The Bertz CT molecular complexity index is 700. The van der Waals surface area contributed by atoms with Crippen LogP contribution in [0.15, 0.2) is 30.3 Å². The van der Waals surface area contributed by atoms with E-state index in [0.29, 0.717) is 31.6 Å². The van der Waals surface area contributed by atoms with Gasteiger partial charge in [-0.25, -0.2) is 9.59 Å². The maximum atomic E-state index is 12.7. The molecule has 1 aromatic rings. The number of hydrogen-bond acceptors (Lipinski definition) is 5. The Kier molecular flexibility index (Phi) is 7.73. The standard InChI is InChI=1S/C20H26N2O5/c1-3-27-18(12-16(13-23)15-8-5-4-6-9-15)21-14(2)19(24)22-11-7-10-17(22)20(25)26/h4-6,8-9,14,17-18,21H,3,7,10-12H2,1-2H3,(H,25,26)/t14-,17-,18-/m0/s1. The highest BCUT2D eigenvalue weighted by atomic mass is 16.5. The van der Waals surface area contributed by atoms with Crippen molar-refractivity contribution in [2.75, 3.05) is 13.2 Å². The van der Waals surface area contributed by atoms with Gasteiger partial charge >= 0.3 is 5.97 Å². The lowest BCUT2D eigenvalue weighted by molar-refractivity contribution is -0.149. The van der Waals surface area contributed by atoms with Gasteiger partial charge in [0.2, 0.25) is 5.91 Å². The Hall–Kier alpha value is -2.47. The summed E-state index contributed by atoms with van der Waals surface area (Å²) in [6.07, 6.45) is 0.836. The zero-order chi connectivity index (χ0) is 19.8. The van der Waals surface area contributed by atoms with E-state index in [1.807, 2.05) is 43.2 Å². The fraction of sp³-hybridized carbons (Fsp3) is 0.500. The van der Waals surface area contributed by atoms with E-state index in [1.54, 1.807) is 6.92 Å². The van der Waals surface area contributed by atoms with E-state index in [0.717, 1.165) is 5.56 Å². The molecule has 2 rings (SSSR count). The zero-order valence-corrected chi connectivity index (χ0v) is 15.7. The monoisotopic (exact) mass is 374 g/mol. The molecule has 0 aromatic heterocycles. The van der Waals surface area contributed by atoms with Crippen molar-refractivity contribution in [2.24, 2.45) is 0 Å². The lowest BCUT2D eigenvalue weighted by Gasteiger charge is -2.28. The molecular formula is C20H26N2O5. The third-order valence-corrected chi connectivity index (χ3v) is 4.63. The number of carboxylic acids is 1. The van der Waals surface area contributed by atoms with Gasteiger partial charge in [0.25, 0.3) is 0 Å². The van der Waals surface area contributed by atoms with E-state index < -0.39 is 24.3 Å². The summed E-state index contributed by atoms with van der Waals surface area (Å²) < 4.78 is 5.66. The SMILES string of the molecule is CCO[C@@H](CC(=C=O)c1ccccc1)N[C@@H](C)C(=O)N1CCC[C@H]1C(=O)O. The van der Waals surface area contributed by atoms with Crippen LogP contribution in [0, 0.1) is 0 Å². The Balaban J connectivity index is 2.05. The predicted octanol–water partition coefficient (Wildman–Crippen LogP) is 1.71. The molecule has 3 atom stereocenters. The first kappa shape index (κ1) is 20.8. The third-order valence-electron chi connectivity index (χ3n) is 4.63. The van der Waals surface area contributed by atoms with Crippen LogP contribution in [-0.4, -0.2) is 59.3 Å². The second kappa shape index (κ2) is 10.0. The number of amides is 1. The average Bonchev–Trinajstić information content (AvgIpc) is 3.16. The smallest absolute Gasteiger partial charge is 0.326 e. The van der Waals surface area contributed by atoms with Crippen molar-refractivity contribution in [2.45, 2.75) is 51.4 Å². The number of carbonyl (C=O) groups excluding carboxylic acids is 2. The number of carbonyl (C=O) groups is 2. The first-order valence-electron chi connectivity index (χ1n) is 9.18. The maximum absolute atomic E-state index is 12.7. The highest BCUT2D eigenvalue weighted by Gasteiger charge is 2.36. The van der Waals surface area contributed by atoms with E-state index >= 15 is 0 Å². The molecule has 7 nitrogen and oxygen atoms in total. The minimum absolute atomic E-state index is 0.251. The number of likely N-dealkylation sites (tertiary alicyclic amines) is 1. The second-order valence-corrected chi connectivity index (χ2v) is 6.51. The summed E-state index contributed by atoms with van der Waals surface area (Å²) in [6.45, 7) is 4.35. The van der Waals surface area contributed by atoms with E-state index in [4.69, 9.17) is 4.74 Å². The maximum Gasteiger partial charge on any atom is 0.326 e. The number of benzene rings is 1. The minimum atomic E-state index is -0.982. The van der Waals surface area contributed by atoms with Crippen LogP contribution in [0.2, 0.25) is 0 Å². The molecule has 146 valence electrons. The molecule has 27 heavy (non-hydrogen) atoms. The molecule has 1 heterocycles. The van der Waals surface area contributed by atoms with Gasteiger partial charge < -0.3 is 14.7 Å². The Morgan fingerprint density at radius 2 is 2.07 bits per heavy atom. The molecule has 0 spiro atoms. The summed E-state index contributed by atoms with van der Waals surface area (Å²) >= 11 is 0. The van der Waals surface area contributed by atoms with Crippen molar-refractivity contribution < 1.29 is 24.2 Å². The summed E-state index contributed by atoms with van der Waals surface area (Å²) in [5.74, 6) is 0.702. The topological polar surface area (TPSA) is 95.9 Å². The zero-order valence-electron chi connectivity index (χ0n) is 15.7. The molecule has 1 fully saturated rings. The molecule has 1 aliphatic rings. The van der Waals surface area contributed by atoms with E-state index in [1.165, 1.54) is 4.90 Å². The summed E-state index contributed by atoms with van der Waals surface area (Å²) in [6, 6.07) is 7.76. The quantitative estimate of drug-likeness (QED) is 0.505. The molecule has 1 aromatic carbocycles. The molecule has 2 N–H and O–H groups in total. The number of nitrogens with zero attached hydrogens (tertiary/aromatic N) is 1. The van der Waals surface area contributed by atoms with Gasteiger partial charge in [0.15, 0.2) is 0 Å². The largest absolute Gasteiger partial charge is 0.480 e. The van der Waals surface area contributed by atoms with Gasteiger partial charge in [-0.15, -0.1) is 0 Å². The molecule has 1 aliphatic heterocycles. The first-order chi connectivity index (χ1) is 13.0. The molecule has 0 saturated carbocycles. The average molecular weight is 374 g/mol. The van der Waals surface area contributed by atoms with Crippen LogP contribution >= 0.6 is 0 Å². The molecule has 1 amide bonds. The number of ether oxygens (including phenoxy) is 1. The van der Waals surface area contributed by atoms with Crippen LogP contribution in [0.5, 0.6) is 0 Å². The number of carboxylic acid groups (broad SMARTS) is 1. The molecule has 0 unspecified atom stereocenters. The van der Waals surface area contributed by atoms with Crippen molar-refractivity contribution in [1.82, 2.24) is 10.2 Å². The highest BCUT2D eigenvalue weighted by molar-refractivity contribution is 5.88. The van der Waals surface area contributed by atoms with Crippen molar-refractivity contribution in [3.63, 3.8) is 0 Å². The van der Waals surface area contributed by atoms with E-state index in [9.17, 15) is 19.5 Å². The van der Waals surface area contributed by atoms with Crippen molar-refractivity contribution in [1.29, 1.82) is 0 Å². The van der Waals surface area contributed by atoms with E-state index in [-0.39, 0.29) is 12.3 Å². The normalized spacial score (nSPS) is 18.6. The third kappa shape index (κ3) is 5.50. The molecule has 0 bridgehead atoms. The van der Waals surface area contributed by atoms with Gasteiger partial charge in [0, 0.05) is 25.1 Å². The van der Waals surface area contributed by atoms with Gasteiger partial charge in [-0.05, 0) is 32.3 Å². The molecule has 7 heteroatoms. The van der Waals surface area contributed by atoms with Gasteiger partial charge in [-0.3, -0.25) is 10.1 Å². The summed E-state index contributed by atoms with van der Waals surface area (Å²) in [5.41, 5.74) is 1.20. The number of rotatable bonds is 9. The van der Waals surface area contributed by atoms with Gasteiger partial charge in [-0.2, -0.15) is 0 Å². The Labute approximate surface area is 159 Å². The van der Waals surface area contributed by atoms with Gasteiger partial charge in [0.1, 0.15) is 18.2 Å².